The lowest BCUT2D eigenvalue weighted by molar-refractivity contribution is -0.144. The number of halogens is 3. The number of carboxylic acids is 1. The molecule has 0 aromatic heterocycles. The third kappa shape index (κ3) is 3.41. The maximum Gasteiger partial charge on any atom is 0.344 e. The van der Waals surface area contributed by atoms with E-state index in [1.807, 2.05) is 0 Å². The van der Waals surface area contributed by atoms with Gasteiger partial charge in [-0.15, -0.1) is 0 Å². The zero-order valence-electron chi connectivity index (χ0n) is 12.7. The summed E-state index contributed by atoms with van der Waals surface area (Å²) in [4.78, 5) is 10.8. The van der Waals surface area contributed by atoms with Crippen LogP contribution in [-0.4, -0.2) is 17.2 Å². The van der Waals surface area contributed by atoms with Crippen molar-refractivity contribution >= 4 is 21.9 Å². The second kappa shape index (κ2) is 5.65. The Kier molecular flexibility index (Phi) is 3.36. The number of carboxylic acid groups (broad SMARTS) is 1. The van der Waals surface area contributed by atoms with Gasteiger partial charge in [-0.25, -0.2) is 13.6 Å². The van der Waals surface area contributed by atoms with Crippen LogP contribution in [0.1, 0.15) is 29.9 Å². The van der Waals surface area contributed by atoms with Gasteiger partial charge in [-0.1, -0.05) is 22.9 Å². The molecule has 0 heterocycles. The number of hydrogen-bond donors (Lipinski definition) is 1. The number of rotatable bonds is 5. The van der Waals surface area contributed by atoms with E-state index in [0.29, 0.717) is 0 Å². The van der Waals surface area contributed by atoms with E-state index in [9.17, 15) is 13.6 Å². The van der Waals surface area contributed by atoms with E-state index in [1.54, 1.807) is 0 Å². The van der Waals surface area contributed by atoms with Crippen molar-refractivity contribution in [3.63, 3.8) is 0 Å². The summed E-state index contributed by atoms with van der Waals surface area (Å²) in [6.45, 7) is 2.31. The molecule has 1 N–H and O–H groups in total. The minimum atomic E-state index is -3.48. The smallest absolute Gasteiger partial charge is 0.344 e. The normalized spacial score (nSPS) is 15.5. The first kappa shape index (κ1) is 10.7. The predicted molar refractivity (Wildman–Crippen MR) is 66.1 cm³/mol. The fraction of sp³-hybridized carbons (Fsp3) is 0.417. The Bertz CT molecular complexity index is 582. The van der Waals surface area contributed by atoms with Crippen LogP contribution in [0.2, 0.25) is 0 Å². The maximum atomic E-state index is 14.0. The van der Waals surface area contributed by atoms with Crippen molar-refractivity contribution in [1.29, 1.82) is 0 Å². The number of benzene rings is 1. The highest BCUT2D eigenvalue weighted by atomic mass is 79.9. The second-order valence-corrected chi connectivity index (χ2v) is 4.34. The fourth-order valence-electron chi connectivity index (χ4n) is 1.12. The highest BCUT2D eigenvalue weighted by Gasteiger charge is 2.33. The molecule has 0 bridgehead atoms. The summed E-state index contributed by atoms with van der Waals surface area (Å²) in [6, 6.07) is -1.88. The van der Waals surface area contributed by atoms with Crippen molar-refractivity contribution in [3.8, 4) is 5.75 Å². The van der Waals surface area contributed by atoms with Crippen LogP contribution in [0.4, 0.5) is 8.78 Å². The van der Waals surface area contributed by atoms with Gasteiger partial charge in [0.15, 0.2) is 6.10 Å². The predicted octanol–water partition coefficient (Wildman–Crippen LogP) is 3.80. The van der Waals surface area contributed by atoms with Crippen molar-refractivity contribution in [1.82, 2.24) is 0 Å². The molecule has 0 aliphatic rings. The van der Waals surface area contributed by atoms with Crippen LogP contribution in [0.3, 0.4) is 0 Å². The molecule has 0 radical (unpaired) electrons. The molecule has 0 amide bonds. The molecule has 0 aliphatic heterocycles. The Morgan fingerprint density at radius 2 is 2.28 bits per heavy atom. The molecular formula is C12H13BrF2O3. The monoisotopic (exact) mass is 325 g/mol. The molecule has 0 spiro atoms. The molecule has 3 nitrogen and oxygen atoms in total. The van der Waals surface area contributed by atoms with Crippen molar-refractivity contribution in [3.05, 3.63) is 28.2 Å². The summed E-state index contributed by atoms with van der Waals surface area (Å²) in [6.07, 6.45) is -2.14. The van der Waals surface area contributed by atoms with Gasteiger partial charge in [0.05, 0.1) is 9.68 Å². The average Bonchev–Trinajstić information content (AvgIpc) is 2.41. The van der Waals surface area contributed by atoms with E-state index < -0.39 is 53.9 Å². The molecule has 1 aromatic rings. The van der Waals surface area contributed by atoms with Crippen molar-refractivity contribution in [2.45, 2.75) is 32.3 Å². The van der Waals surface area contributed by atoms with Crippen LogP contribution in [-0.2, 0) is 10.7 Å². The molecule has 0 saturated carbocycles. The van der Waals surface area contributed by atoms with Crippen LogP contribution in [0.25, 0.3) is 0 Å². The Morgan fingerprint density at radius 1 is 1.67 bits per heavy atom. The molecule has 100 valence electrons. The van der Waals surface area contributed by atoms with E-state index in [-0.39, 0.29) is 4.47 Å². The van der Waals surface area contributed by atoms with Gasteiger partial charge in [0.1, 0.15) is 5.75 Å². The van der Waals surface area contributed by atoms with Gasteiger partial charge in [0.2, 0.25) is 0 Å². The van der Waals surface area contributed by atoms with Gasteiger partial charge in [0.25, 0.3) is 5.92 Å². The van der Waals surface area contributed by atoms with Gasteiger partial charge in [-0.2, -0.15) is 0 Å². The molecule has 0 unspecified atom stereocenters. The molecule has 18 heavy (non-hydrogen) atoms. The number of hydrogen-bond acceptors (Lipinski definition) is 2. The summed E-state index contributed by atoms with van der Waals surface area (Å²) in [7, 11) is 0. The van der Waals surface area contributed by atoms with Crippen LogP contribution in [0.15, 0.2) is 22.6 Å². The van der Waals surface area contributed by atoms with E-state index in [4.69, 9.17) is 14.0 Å². The van der Waals surface area contributed by atoms with Crippen molar-refractivity contribution in [2.75, 3.05) is 0 Å². The number of aliphatic carboxylic acids is 1. The number of ether oxygens (including phenoxy) is 1. The first-order valence-corrected chi connectivity index (χ1v) is 5.90. The molecule has 1 atom stereocenters. The zero-order chi connectivity index (χ0) is 16.5. The maximum absolute atomic E-state index is 14.0. The summed E-state index contributed by atoms with van der Waals surface area (Å²) in [5.74, 6) is -5.62. The van der Waals surface area contributed by atoms with Crippen LogP contribution in [0.5, 0.6) is 5.75 Å². The average molecular weight is 326 g/mol. The lowest BCUT2D eigenvalue weighted by Gasteiger charge is -2.20. The number of carbonyl (C=O) groups is 1. The Balaban J connectivity index is 3.63. The summed E-state index contributed by atoms with van der Waals surface area (Å²) >= 11 is 2.83. The van der Waals surface area contributed by atoms with E-state index in [0.717, 1.165) is 6.92 Å². The standard InChI is InChI=1S/C12H13BrF2O3/c1-3-12(14,15)9-6-8(13)4-5-10(9)18-7(2)11(16)17/h4-7H,3H2,1-2H3,(H,16,17)/t7-/m0/s1/i4D,5D,6D. The zero-order valence-corrected chi connectivity index (χ0v) is 11.3. The van der Waals surface area contributed by atoms with Crippen molar-refractivity contribution < 1.29 is 27.5 Å². The molecule has 0 fully saturated rings. The Hall–Kier alpha value is -1.17. The fourth-order valence-corrected chi connectivity index (χ4v) is 1.42. The summed E-state index contributed by atoms with van der Waals surface area (Å²) < 4.78 is 55.8. The van der Waals surface area contributed by atoms with Crippen LogP contribution < -0.4 is 4.74 Å². The van der Waals surface area contributed by atoms with Gasteiger partial charge in [-0.05, 0) is 25.1 Å². The highest BCUT2D eigenvalue weighted by Crippen LogP contribution is 2.39. The SMILES string of the molecule is [2H]c1c([2H])c(O[C@@H](C)C(=O)O)c(C(F)(F)CC)c([2H])c1Br. The summed E-state index contributed by atoms with van der Waals surface area (Å²) in [5.41, 5.74) is -0.883. The van der Waals surface area contributed by atoms with Crippen LogP contribution in [0, 0.1) is 0 Å². The van der Waals surface area contributed by atoms with Crippen LogP contribution >= 0.6 is 15.9 Å². The summed E-state index contributed by atoms with van der Waals surface area (Å²) in [5, 5.41) is 8.80. The minimum absolute atomic E-state index is 0.258. The van der Waals surface area contributed by atoms with Gasteiger partial charge >= 0.3 is 5.97 Å². The van der Waals surface area contributed by atoms with E-state index in [2.05, 4.69) is 15.9 Å². The van der Waals surface area contributed by atoms with E-state index >= 15 is 0 Å². The third-order valence-electron chi connectivity index (χ3n) is 2.20. The molecular weight excluding hydrogens is 310 g/mol. The lowest BCUT2D eigenvalue weighted by atomic mass is 10.1. The second-order valence-electron chi connectivity index (χ2n) is 3.55. The van der Waals surface area contributed by atoms with Gasteiger partial charge in [-0.3, -0.25) is 0 Å². The molecule has 1 rings (SSSR count). The van der Waals surface area contributed by atoms with Gasteiger partial charge < -0.3 is 9.84 Å². The molecule has 6 heteroatoms. The quantitative estimate of drug-likeness (QED) is 0.895. The first-order chi connectivity index (χ1) is 9.54. The van der Waals surface area contributed by atoms with Crippen molar-refractivity contribution in [2.24, 2.45) is 0 Å². The third-order valence-corrected chi connectivity index (χ3v) is 2.60. The topological polar surface area (TPSA) is 46.5 Å². The van der Waals surface area contributed by atoms with E-state index in [1.165, 1.54) is 6.92 Å². The highest BCUT2D eigenvalue weighted by molar-refractivity contribution is 9.10. The van der Waals surface area contributed by atoms with Gasteiger partial charge in [0, 0.05) is 10.9 Å². The molecule has 1 aromatic carbocycles. The molecule has 0 saturated heterocycles. The minimum Gasteiger partial charge on any atom is -0.479 e. The molecule has 0 aliphatic carbocycles. The first-order valence-electron chi connectivity index (χ1n) is 6.61. The Labute approximate surface area is 116 Å². The largest absolute Gasteiger partial charge is 0.479 e. The Morgan fingerprint density at radius 3 is 2.78 bits per heavy atom. The number of alkyl halides is 2. The lowest BCUT2D eigenvalue weighted by Crippen LogP contribution is -2.25.